The van der Waals surface area contributed by atoms with Crippen molar-refractivity contribution >= 4 is 6.40 Å². The third kappa shape index (κ3) is 0.399. The van der Waals surface area contributed by atoms with Crippen molar-refractivity contribution in [2.45, 2.75) is 0 Å². The van der Waals surface area contributed by atoms with Crippen molar-refractivity contribution in [3.05, 3.63) is 0 Å². The van der Waals surface area contributed by atoms with Crippen molar-refractivity contribution in [2.75, 3.05) is 0 Å². The maximum Gasteiger partial charge on any atom is 0.246 e. The maximum absolute atomic E-state index is 4.80. The molecular formula is CH3N3O2. The number of rotatable bonds is 0. The van der Waals surface area contributed by atoms with Crippen LogP contribution in [0.15, 0.2) is 5.16 Å². The van der Waals surface area contributed by atoms with Crippen molar-refractivity contribution < 1.29 is 9.78 Å². The fraction of sp³-hybridized carbons (Fsp3) is 0. The molecule has 0 spiro atoms. The molecule has 5 nitrogen and oxygen atoms in total. The molecule has 1 aliphatic rings. The predicted molar refractivity (Wildman–Crippen MR) is 16.7 cm³/mol. The van der Waals surface area contributed by atoms with E-state index in [9.17, 15) is 0 Å². The molecule has 2 N–H and O–H groups in total. The van der Waals surface area contributed by atoms with Gasteiger partial charge in [-0.3, -0.25) is 0 Å². The Morgan fingerprint density at radius 1 is 1.83 bits per heavy atom. The number of nitrogens with zero attached hydrogens (tertiary/aromatic N) is 2. The summed E-state index contributed by atoms with van der Waals surface area (Å²) in [6.45, 7) is 0. The molecule has 0 amide bonds. The van der Waals surface area contributed by atoms with Crippen LogP contribution in [0.1, 0.15) is 0 Å². The van der Waals surface area contributed by atoms with Gasteiger partial charge in [-0.15, -0.1) is 0 Å². The van der Waals surface area contributed by atoms with Crippen LogP contribution < -0.4 is 5.84 Å². The number of nitrogens with two attached hydrogens (primary N) is 1. The highest BCUT2D eigenvalue weighted by Crippen LogP contribution is 1.87. The van der Waals surface area contributed by atoms with Crippen LogP contribution >= 0.6 is 0 Å². The molecule has 0 unspecified atom stereocenters. The Morgan fingerprint density at radius 2 is 2.67 bits per heavy atom. The lowest BCUT2D eigenvalue weighted by Crippen LogP contribution is -2.24. The van der Waals surface area contributed by atoms with Crippen LogP contribution in [0.2, 0.25) is 0 Å². The molecule has 0 aliphatic carbocycles. The first-order valence-electron chi connectivity index (χ1n) is 1.30. The molecule has 0 fully saturated rings. The summed E-state index contributed by atoms with van der Waals surface area (Å²) in [7, 11) is 0. The normalized spacial score (nSPS) is 20.2. The molecule has 1 aliphatic heterocycles. The zero-order valence-electron chi connectivity index (χ0n) is 2.87. The van der Waals surface area contributed by atoms with Crippen LogP contribution in [0, 0.1) is 0 Å². The van der Waals surface area contributed by atoms with Gasteiger partial charge < -0.3 is 4.84 Å². The monoisotopic (exact) mass is 89.0 g/mol. The number of hydrogen-bond donors (Lipinski definition) is 1. The SMILES string of the molecule is NN1OC=NO1. The third-order valence-electron chi connectivity index (χ3n) is 0.322. The van der Waals surface area contributed by atoms with E-state index in [0.717, 1.165) is 6.40 Å². The van der Waals surface area contributed by atoms with Gasteiger partial charge in [-0.2, -0.15) is 5.84 Å². The Morgan fingerprint density at radius 3 is 2.83 bits per heavy atom. The summed E-state index contributed by atoms with van der Waals surface area (Å²) >= 11 is 0. The molecular weight excluding hydrogens is 86.0 g/mol. The quantitative estimate of drug-likeness (QED) is 0.386. The fourth-order valence-corrected chi connectivity index (χ4v) is 0.151. The summed E-state index contributed by atoms with van der Waals surface area (Å²) in [5.74, 6) is 4.80. The van der Waals surface area contributed by atoms with Gasteiger partial charge >= 0.3 is 0 Å². The van der Waals surface area contributed by atoms with Gasteiger partial charge in [-0.1, -0.05) is 0 Å². The lowest BCUT2D eigenvalue weighted by atomic mass is 11.5. The smallest absolute Gasteiger partial charge is 0.246 e. The average molecular weight is 89.1 g/mol. The van der Waals surface area contributed by atoms with E-state index < -0.39 is 0 Å². The van der Waals surface area contributed by atoms with Crippen LogP contribution in [0.3, 0.4) is 0 Å². The van der Waals surface area contributed by atoms with Gasteiger partial charge in [0.05, 0.1) is 0 Å². The van der Waals surface area contributed by atoms with Gasteiger partial charge in [-0.05, 0) is 5.16 Å². The second kappa shape index (κ2) is 1.11. The van der Waals surface area contributed by atoms with Gasteiger partial charge in [0.2, 0.25) is 6.40 Å². The van der Waals surface area contributed by atoms with Crippen LogP contribution in [-0.4, -0.2) is 11.7 Å². The zero-order chi connectivity index (χ0) is 4.41. The standard InChI is InChI=1S/CH3N3O2/c2-4-5-1-3-6-4/h1H,2H2. The van der Waals surface area contributed by atoms with Crippen molar-refractivity contribution in [3.8, 4) is 0 Å². The molecule has 1 rings (SSSR count). The Kier molecular flexibility index (Phi) is 0.627. The number of oxime groups is 1. The Bertz CT molecular complexity index is 63.2. The fourth-order valence-electron chi connectivity index (χ4n) is 0.151. The molecule has 5 heteroatoms. The Balaban J connectivity index is 2.32. The summed E-state index contributed by atoms with van der Waals surface area (Å²) in [5, 5.41) is 3.76. The van der Waals surface area contributed by atoms with E-state index in [1.807, 2.05) is 0 Å². The zero-order valence-corrected chi connectivity index (χ0v) is 2.87. The second-order valence-electron chi connectivity index (χ2n) is 0.683. The Hall–Kier alpha value is -0.810. The number of hydrazine groups is 1. The molecule has 0 aromatic rings. The second-order valence-corrected chi connectivity index (χ2v) is 0.683. The summed E-state index contributed by atoms with van der Waals surface area (Å²) in [6.07, 6.45) is 1.08. The van der Waals surface area contributed by atoms with Gasteiger partial charge in [0.25, 0.3) is 0 Å². The first-order chi connectivity index (χ1) is 2.89. The number of hydrogen-bond acceptors (Lipinski definition) is 5. The predicted octanol–water partition coefficient (Wildman–Crippen LogP) is -1.02. The summed E-state index contributed by atoms with van der Waals surface area (Å²) in [5.41, 5.74) is 0. The lowest BCUT2D eigenvalue weighted by molar-refractivity contribution is -0.301. The molecule has 0 saturated carbocycles. The van der Waals surface area contributed by atoms with E-state index in [0.29, 0.717) is 5.34 Å². The summed E-state index contributed by atoms with van der Waals surface area (Å²) in [4.78, 5) is 8.36. The van der Waals surface area contributed by atoms with Crippen molar-refractivity contribution in [1.82, 2.24) is 5.34 Å². The first-order valence-corrected chi connectivity index (χ1v) is 1.30. The highest BCUT2D eigenvalue weighted by molar-refractivity contribution is 5.45. The highest BCUT2D eigenvalue weighted by Gasteiger charge is 1.99. The molecule has 0 aromatic carbocycles. The average Bonchev–Trinajstić information content (AvgIpc) is 1.86. The molecule has 1 heterocycles. The van der Waals surface area contributed by atoms with Crippen LogP contribution in [0.25, 0.3) is 0 Å². The van der Waals surface area contributed by atoms with Crippen molar-refractivity contribution in [3.63, 3.8) is 0 Å². The molecule has 0 radical (unpaired) electrons. The van der Waals surface area contributed by atoms with Crippen LogP contribution in [-0.2, 0) is 9.78 Å². The van der Waals surface area contributed by atoms with Crippen molar-refractivity contribution in [2.24, 2.45) is 11.0 Å². The van der Waals surface area contributed by atoms with Gasteiger partial charge in [0.15, 0.2) is 0 Å². The van der Waals surface area contributed by atoms with Gasteiger partial charge in [0, 0.05) is 0 Å². The maximum atomic E-state index is 4.80. The topological polar surface area (TPSA) is 60.1 Å². The molecule has 0 bridgehead atoms. The van der Waals surface area contributed by atoms with E-state index in [2.05, 4.69) is 14.9 Å². The third-order valence-corrected chi connectivity index (χ3v) is 0.322. The van der Waals surface area contributed by atoms with E-state index in [1.165, 1.54) is 0 Å². The molecule has 0 atom stereocenters. The largest absolute Gasteiger partial charge is 0.340 e. The van der Waals surface area contributed by atoms with E-state index in [4.69, 9.17) is 5.84 Å². The summed E-state index contributed by atoms with van der Waals surface area (Å²) in [6, 6.07) is 0. The molecule has 0 saturated heterocycles. The summed E-state index contributed by atoms with van der Waals surface area (Å²) < 4.78 is 0. The van der Waals surface area contributed by atoms with E-state index in [-0.39, 0.29) is 0 Å². The first kappa shape index (κ1) is 3.38. The minimum atomic E-state index is 0.639. The molecule has 0 aromatic heterocycles. The van der Waals surface area contributed by atoms with Gasteiger partial charge in [0.1, 0.15) is 5.34 Å². The lowest BCUT2D eigenvalue weighted by Gasteiger charge is -1.96. The van der Waals surface area contributed by atoms with E-state index in [1.54, 1.807) is 0 Å². The van der Waals surface area contributed by atoms with Crippen LogP contribution in [0.5, 0.6) is 0 Å². The minimum Gasteiger partial charge on any atom is -0.340 e. The van der Waals surface area contributed by atoms with E-state index >= 15 is 0 Å². The Labute approximate surface area is 33.8 Å². The van der Waals surface area contributed by atoms with Gasteiger partial charge in [-0.25, -0.2) is 4.94 Å². The van der Waals surface area contributed by atoms with Crippen molar-refractivity contribution in [1.29, 1.82) is 0 Å². The highest BCUT2D eigenvalue weighted by atomic mass is 17.1. The minimum absolute atomic E-state index is 0.639. The molecule has 34 valence electrons. The molecule has 6 heavy (non-hydrogen) atoms. The van der Waals surface area contributed by atoms with Crippen LogP contribution in [0.4, 0.5) is 0 Å².